The molecule has 11 heteroatoms. The van der Waals surface area contributed by atoms with Crippen LogP contribution in [0.1, 0.15) is 323 Å². The van der Waals surface area contributed by atoms with Crippen LogP contribution in [-0.2, 0) is 23.8 Å². The highest BCUT2D eigenvalue weighted by atomic mass is 16.7. The molecule has 524 valence electrons. The van der Waals surface area contributed by atoms with Crippen LogP contribution in [0.25, 0.3) is 0 Å². The summed E-state index contributed by atoms with van der Waals surface area (Å²) in [4.78, 5) is 26.8. The van der Waals surface area contributed by atoms with Crippen molar-refractivity contribution < 1.29 is 49.3 Å². The molecule has 11 nitrogen and oxygen atoms in total. The predicted molar refractivity (Wildman–Crippen MR) is 384 cm³/mol. The lowest BCUT2D eigenvalue weighted by Gasteiger charge is -2.41. The first-order valence-corrected chi connectivity index (χ1v) is 37.7. The van der Waals surface area contributed by atoms with Gasteiger partial charge in [0.05, 0.1) is 25.4 Å². The number of aliphatic hydroxyl groups excluding tert-OH is 5. The molecule has 8 atom stereocenters. The Labute approximate surface area is 558 Å². The summed E-state index contributed by atoms with van der Waals surface area (Å²) in [6, 6.07) is -1.04. The number of ether oxygens (including phenoxy) is 3. The van der Waals surface area contributed by atoms with Gasteiger partial charge in [-0.3, -0.25) is 9.59 Å². The molecule has 1 rings (SSSR count). The van der Waals surface area contributed by atoms with Crippen molar-refractivity contribution in [3.63, 3.8) is 0 Å². The zero-order valence-electron chi connectivity index (χ0n) is 58.4. The Balaban J connectivity index is 2.57. The number of aliphatic hydroxyl groups is 5. The fraction of sp³-hybridized carbons (Fsp3) is 0.750. The largest absolute Gasteiger partial charge is 0.454 e. The van der Waals surface area contributed by atoms with Crippen LogP contribution in [0.5, 0.6) is 0 Å². The standard InChI is InChI=1S/C80H139NO10/c1-4-7-10-13-16-19-22-25-27-29-31-33-35-36-37-39-40-42-44-46-49-52-55-58-61-64-67-73(84)79(88)81-71(72(83)66-63-60-57-54-51-48-24-21-18-15-12-9-6-3)70-89-80-78(77(87)76(86)74(69-82)90-80)91-75(85)68-65-62-59-56-53-50-47-45-43-41-38-34-32-30-28-26-23-20-17-14-11-8-5-2/h7,10,16-17,19-20,25-28,31,33,36-37,40,42,63,66,71-74,76-78,80,82-84,86-87H,4-6,8-9,11-15,18,21-24,29-30,32,34-35,38-39,41,43-62,64-65,67-70H2,1-3H3,(H,81,88)/b10-7-,19-16-,20-17-,27-25-,28-26-,33-31-,37-36-,42-40-,66-63+. The molecular weight excluding hydrogens is 1130 g/mol. The van der Waals surface area contributed by atoms with E-state index in [1.807, 2.05) is 6.08 Å². The summed E-state index contributed by atoms with van der Waals surface area (Å²) < 4.78 is 17.7. The van der Waals surface area contributed by atoms with Crippen LogP contribution >= 0.6 is 0 Å². The maximum atomic E-state index is 13.5. The topological polar surface area (TPSA) is 175 Å². The van der Waals surface area contributed by atoms with Crippen LogP contribution in [0.3, 0.4) is 0 Å². The van der Waals surface area contributed by atoms with Gasteiger partial charge in [0.2, 0.25) is 5.91 Å². The summed E-state index contributed by atoms with van der Waals surface area (Å²) in [5, 5.41) is 57.4. The molecule has 1 aliphatic heterocycles. The first-order valence-electron chi connectivity index (χ1n) is 37.7. The smallest absolute Gasteiger partial charge is 0.306 e. The summed E-state index contributed by atoms with van der Waals surface area (Å²) in [6.45, 7) is 5.68. The molecule has 1 amide bonds. The molecule has 1 fully saturated rings. The summed E-state index contributed by atoms with van der Waals surface area (Å²) in [5.74, 6) is -1.20. The molecule has 1 aliphatic rings. The van der Waals surface area contributed by atoms with Gasteiger partial charge in [0.25, 0.3) is 0 Å². The highest BCUT2D eigenvalue weighted by Crippen LogP contribution is 2.26. The minimum absolute atomic E-state index is 0.118. The van der Waals surface area contributed by atoms with Gasteiger partial charge in [0, 0.05) is 6.42 Å². The Morgan fingerprint density at radius 2 is 0.791 bits per heavy atom. The fourth-order valence-corrected chi connectivity index (χ4v) is 11.3. The third kappa shape index (κ3) is 53.3. The van der Waals surface area contributed by atoms with Crippen molar-refractivity contribution >= 4 is 11.9 Å². The summed E-state index contributed by atoms with van der Waals surface area (Å²) in [5.41, 5.74) is 0. The van der Waals surface area contributed by atoms with E-state index in [1.54, 1.807) is 6.08 Å². The van der Waals surface area contributed by atoms with E-state index in [0.717, 1.165) is 122 Å². The number of hydrogen-bond donors (Lipinski definition) is 6. The van der Waals surface area contributed by atoms with Crippen molar-refractivity contribution in [2.24, 2.45) is 0 Å². The first kappa shape index (κ1) is 85.3. The molecule has 0 aromatic carbocycles. The predicted octanol–water partition coefficient (Wildman–Crippen LogP) is 20.0. The molecule has 0 saturated carbocycles. The molecule has 0 aliphatic carbocycles. The normalized spacial score (nSPS) is 18.6. The van der Waals surface area contributed by atoms with E-state index in [-0.39, 0.29) is 19.4 Å². The summed E-state index contributed by atoms with van der Waals surface area (Å²) >= 11 is 0. The van der Waals surface area contributed by atoms with Crippen molar-refractivity contribution in [3.8, 4) is 0 Å². The Morgan fingerprint density at radius 1 is 0.440 bits per heavy atom. The lowest BCUT2D eigenvalue weighted by atomic mass is 9.99. The molecule has 0 bridgehead atoms. The van der Waals surface area contributed by atoms with Gasteiger partial charge in [-0.15, -0.1) is 0 Å². The van der Waals surface area contributed by atoms with E-state index in [2.05, 4.69) is 123 Å². The van der Waals surface area contributed by atoms with Crippen LogP contribution in [0, 0.1) is 0 Å². The summed E-state index contributed by atoms with van der Waals surface area (Å²) in [7, 11) is 0. The second-order valence-corrected chi connectivity index (χ2v) is 25.6. The number of allylic oxidation sites excluding steroid dienone is 17. The molecule has 8 unspecified atom stereocenters. The van der Waals surface area contributed by atoms with Crippen molar-refractivity contribution in [2.75, 3.05) is 13.2 Å². The first-order chi connectivity index (χ1) is 44.7. The van der Waals surface area contributed by atoms with Crippen molar-refractivity contribution in [1.82, 2.24) is 5.32 Å². The molecule has 0 aromatic rings. The summed E-state index contributed by atoms with van der Waals surface area (Å²) in [6.07, 6.45) is 81.2. The highest BCUT2D eigenvalue weighted by Gasteiger charge is 2.47. The molecule has 1 heterocycles. The van der Waals surface area contributed by atoms with Crippen LogP contribution in [0.15, 0.2) is 109 Å². The second-order valence-electron chi connectivity index (χ2n) is 25.6. The van der Waals surface area contributed by atoms with Gasteiger partial charge in [-0.1, -0.05) is 316 Å². The van der Waals surface area contributed by atoms with Crippen LogP contribution in [0.2, 0.25) is 0 Å². The number of hydrogen-bond acceptors (Lipinski definition) is 10. The van der Waals surface area contributed by atoms with E-state index in [1.165, 1.54) is 154 Å². The lowest BCUT2D eigenvalue weighted by Crippen LogP contribution is -2.61. The fourth-order valence-electron chi connectivity index (χ4n) is 11.3. The SMILES string of the molecule is CC/C=C\C/C=C\C/C=C\C/C=C\C/C=C\C/C=C\CCCCCCCCCC(O)C(=O)NC(COC1OC(CO)C(O)C(O)C1OC(=O)CCCCCCCCCCCCCCC/C=C\C/C=C\CCCCC)C(O)/C=C/CCCCCCCCCCCCC. The Hall–Kier alpha value is -3.68. The van der Waals surface area contributed by atoms with Gasteiger partial charge < -0.3 is 45.1 Å². The number of carbonyl (C=O) groups excluding carboxylic acids is 2. The van der Waals surface area contributed by atoms with Gasteiger partial charge in [-0.25, -0.2) is 0 Å². The molecule has 1 saturated heterocycles. The number of carbonyl (C=O) groups is 2. The van der Waals surface area contributed by atoms with Crippen LogP contribution in [-0.4, -0.2) is 99.6 Å². The third-order valence-electron chi connectivity index (χ3n) is 17.2. The van der Waals surface area contributed by atoms with Gasteiger partial charge in [0.15, 0.2) is 12.4 Å². The Kier molecular flexibility index (Phi) is 62.2. The number of amides is 1. The maximum absolute atomic E-state index is 13.5. The van der Waals surface area contributed by atoms with Gasteiger partial charge in [-0.2, -0.15) is 0 Å². The van der Waals surface area contributed by atoms with Gasteiger partial charge >= 0.3 is 5.97 Å². The Bertz CT molecular complexity index is 1900. The quantitative estimate of drug-likeness (QED) is 0.0195. The van der Waals surface area contributed by atoms with Crippen LogP contribution in [0.4, 0.5) is 0 Å². The second kappa shape index (κ2) is 66.3. The van der Waals surface area contributed by atoms with Gasteiger partial charge in [-0.05, 0) is 109 Å². The van der Waals surface area contributed by atoms with E-state index in [4.69, 9.17) is 14.2 Å². The van der Waals surface area contributed by atoms with E-state index in [9.17, 15) is 35.1 Å². The van der Waals surface area contributed by atoms with Gasteiger partial charge in [0.1, 0.15) is 24.4 Å². The van der Waals surface area contributed by atoms with Crippen molar-refractivity contribution in [1.29, 1.82) is 0 Å². The average molecular weight is 1270 g/mol. The molecule has 0 radical (unpaired) electrons. The molecular formula is C80H139NO10. The third-order valence-corrected chi connectivity index (χ3v) is 17.2. The van der Waals surface area contributed by atoms with Crippen LogP contribution < -0.4 is 5.32 Å². The minimum atomic E-state index is -1.62. The van der Waals surface area contributed by atoms with Crippen molar-refractivity contribution in [2.45, 2.75) is 372 Å². The molecule has 91 heavy (non-hydrogen) atoms. The lowest BCUT2D eigenvalue weighted by molar-refractivity contribution is -0.305. The van der Waals surface area contributed by atoms with E-state index in [0.29, 0.717) is 12.8 Å². The number of unbranched alkanes of at least 4 members (excludes halogenated alkanes) is 34. The minimum Gasteiger partial charge on any atom is -0.454 e. The molecule has 6 N–H and O–H groups in total. The number of rotatable bonds is 64. The number of esters is 1. The zero-order chi connectivity index (χ0) is 66.0. The number of nitrogens with one attached hydrogen (secondary N) is 1. The zero-order valence-corrected chi connectivity index (χ0v) is 58.4. The maximum Gasteiger partial charge on any atom is 0.306 e. The highest BCUT2D eigenvalue weighted by molar-refractivity contribution is 5.80. The average Bonchev–Trinajstić information content (AvgIpc) is 0.969. The Morgan fingerprint density at radius 3 is 1.21 bits per heavy atom. The molecule has 0 aromatic heterocycles. The molecule has 0 spiro atoms. The van der Waals surface area contributed by atoms with E-state index >= 15 is 0 Å². The monoisotopic (exact) mass is 1270 g/mol. The van der Waals surface area contributed by atoms with E-state index < -0.39 is 67.4 Å². The van der Waals surface area contributed by atoms with Crippen molar-refractivity contribution in [3.05, 3.63) is 109 Å².